The topological polar surface area (TPSA) is 12.9 Å². The molecule has 0 aliphatic carbocycles. The highest BCUT2D eigenvalue weighted by Crippen LogP contribution is 2.26. The van der Waals surface area contributed by atoms with Crippen molar-refractivity contribution in [3.8, 4) is 0 Å². The maximum Gasteiger partial charge on any atom is 0.0654 e. The first-order chi connectivity index (χ1) is 4.18. The van der Waals surface area contributed by atoms with E-state index < -0.39 is 0 Å². The van der Waals surface area contributed by atoms with Gasteiger partial charge in [0.15, 0.2) is 0 Å². The van der Waals surface area contributed by atoms with E-state index in [1.807, 2.05) is 0 Å². The van der Waals surface area contributed by atoms with Crippen LogP contribution in [0.4, 0.5) is 0 Å². The Kier molecular flexibility index (Phi) is 2.16. The van der Waals surface area contributed by atoms with Gasteiger partial charge in [0.2, 0.25) is 0 Å². The van der Waals surface area contributed by atoms with Gasteiger partial charge in [-0.2, -0.15) is 0 Å². The lowest BCUT2D eigenvalue weighted by molar-refractivity contribution is 1.22. The summed E-state index contributed by atoms with van der Waals surface area (Å²) in [5, 5.41) is 1.49. The molecule has 1 aromatic rings. The van der Waals surface area contributed by atoms with Gasteiger partial charge in [-0.1, -0.05) is 0 Å². The van der Waals surface area contributed by atoms with Crippen molar-refractivity contribution in [2.75, 3.05) is 0 Å². The van der Waals surface area contributed by atoms with E-state index in [1.54, 1.807) is 0 Å². The largest absolute Gasteiger partial charge is 0.249 e. The second kappa shape index (κ2) is 2.73. The zero-order valence-corrected chi connectivity index (χ0v) is 7.63. The van der Waals surface area contributed by atoms with Crippen LogP contribution in [0.25, 0.3) is 0 Å². The molecule has 1 aromatic heterocycles. The van der Waals surface area contributed by atoms with Crippen LogP contribution in [0.2, 0.25) is 0 Å². The fourth-order valence-electron chi connectivity index (χ4n) is 0.777. The van der Waals surface area contributed by atoms with Crippen LogP contribution in [0, 0.1) is 20.8 Å². The van der Waals surface area contributed by atoms with Gasteiger partial charge in [-0.25, -0.2) is 4.98 Å². The van der Waals surface area contributed by atoms with E-state index in [9.17, 15) is 0 Å². The van der Waals surface area contributed by atoms with Crippen LogP contribution in [-0.2, 0) is 0 Å². The van der Waals surface area contributed by atoms with Crippen molar-refractivity contribution < 1.29 is 0 Å². The van der Waals surface area contributed by atoms with Crippen LogP contribution in [-0.4, -0.2) is 4.98 Å². The van der Waals surface area contributed by atoms with E-state index in [4.69, 9.17) is 0 Å². The van der Waals surface area contributed by atoms with Crippen molar-refractivity contribution >= 4 is 16.4 Å². The van der Waals surface area contributed by atoms with E-state index >= 15 is 0 Å². The molecule has 0 saturated carbocycles. The summed E-state index contributed by atoms with van der Waals surface area (Å²) in [5.41, 5.74) is 2.45. The Morgan fingerprint density at radius 2 is 1.44 bits per heavy atom. The number of hydrogen-bond acceptors (Lipinski definition) is 1. The molecule has 0 radical (unpaired) electrons. The summed E-state index contributed by atoms with van der Waals surface area (Å²) in [5.74, 6) is 0. The minimum Gasteiger partial charge on any atom is -0.249 e. The lowest BCUT2D eigenvalue weighted by atomic mass is 10.8. The third kappa shape index (κ3) is 2.01. The average Bonchev–Trinajstić information content (AvgIpc) is 1.59. The minimum absolute atomic E-state index is 1.23. The van der Waals surface area contributed by atoms with Crippen molar-refractivity contribution in [1.29, 1.82) is 0 Å². The normalized spacial score (nSPS) is 11.4. The molecular weight excluding hydrogens is 148 g/mol. The Morgan fingerprint density at radius 3 is 1.78 bits per heavy atom. The van der Waals surface area contributed by atoms with Gasteiger partial charge in [-0.3, -0.25) is 0 Å². The van der Waals surface area contributed by atoms with E-state index in [0.717, 1.165) is 0 Å². The summed E-state index contributed by atoms with van der Waals surface area (Å²) in [6, 6.07) is 0. The summed E-state index contributed by atoms with van der Waals surface area (Å²) >= 11 is 0. The summed E-state index contributed by atoms with van der Waals surface area (Å²) in [7, 11) is 2.65. The smallest absolute Gasteiger partial charge is 0.0654 e. The fourth-order valence-corrected chi connectivity index (χ4v) is 3.26. The molecule has 1 nitrogen and oxygen atoms in total. The van der Waals surface area contributed by atoms with E-state index in [-0.39, 0.29) is 0 Å². The zero-order valence-electron chi connectivity index (χ0n) is 5.84. The highest BCUT2D eigenvalue weighted by atomic mass is 31.1. The number of hydrogen-bond donors (Lipinski definition) is 0. The molecule has 0 amide bonds. The van der Waals surface area contributed by atoms with Crippen molar-refractivity contribution in [3.63, 3.8) is 0 Å². The van der Waals surface area contributed by atoms with Crippen molar-refractivity contribution in [1.82, 2.24) is 4.98 Å². The summed E-state index contributed by atoms with van der Waals surface area (Å²) in [4.78, 5) is 4.32. The van der Waals surface area contributed by atoms with Crippen molar-refractivity contribution in [2.24, 2.45) is 0 Å². The van der Waals surface area contributed by atoms with Crippen LogP contribution in [0.5, 0.6) is 0 Å². The van der Waals surface area contributed by atoms with Crippen LogP contribution < -0.4 is 0 Å². The van der Waals surface area contributed by atoms with Gasteiger partial charge >= 0.3 is 0 Å². The second-order valence-electron chi connectivity index (χ2n) is 1.98. The third-order valence-corrected chi connectivity index (χ3v) is 3.07. The molecule has 0 aliphatic heterocycles. The second-order valence-corrected chi connectivity index (χ2v) is 5.41. The number of rotatable bonds is 0. The average molecular weight is 157 g/mol. The predicted octanol–water partition coefficient (Wildman–Crippen LogP) is 3.17. The lowest BCUT2D eigenvalue weighted by Crippen LogP contribution is -1.75. The standard InChI is InChI=1S/C6H9NP2/c1-4-7-5(2)9-6(3)8-4/h1-3H3. The van der Waals surface area contributed by atoms with Gasteiger partial charge in [0.25, 0.3) is 0 Å². The van der Waals surface area contributed by atoms with Crippen LogP contribution in [0.15, 0.2) is 0 Å². The van der Waals surface area contributed by atoms with Crippen LogP contribution in [0.3, 0.4) is 0 Å². The Hall–Kier alpha value is 0.01000. The first kappa shape index (κ1) is 7.12. The van der Waals surface area contributed by atoms with E-state index in [0.29, 0.717) is 0 Å². The fraction of sp³-hybridized carbons (Fsp3) is 0.500. The van der Waals surface area contributed by atoms with Gasteiger partial charge in [-0.15, -0.1) is 0 Å². The molecule has 48 valence electrons. The predicted molar refractivity (Wildman–Crippen MR) is 43.5 cm³/mol. The lowest BCUT2D eigenvalue weighted by Gasteiger charge is -1.94. The molecule has 0 bridgehead atoms. The Labute approximate surface area is 58.7 Å². The number of aryl methyl sites for hydroxylation is 3. The van der Waals surface area contributed by atoms with Crippen LogP contribution in [0.1, 0.15) is 15.9 Å². The summed E-state index contributed by atoms with van der Waals surface area (Å²) < 4.78 is 0. The van der Waals surface area contributed by atoms with Crippen molar-refractivity contribution in [3.05, 3.63) is 15.9 Å². The molecule has 0 aromatic carbocycles. The van der Waals surface area contributed by atoms with Gasteiger partial charge in [-0.05, 0) is 37.2 Å². The number of nitrogens with zero attached hydrogens (tertiary/aromatic N) is 1. The van der Waals surface area contributed by atoms with Crippen molar-refractivity contribution in [2.45, 2.75) is 20.8 Å². The van der Waals surface area contributed by atoms with Gasteiger partial charge in [0.1, 0.15) is 0 Å². The molecule has 0 N–H and O–H groups in total. The summed E-state index contributed by atoms with van der Waals surface area (Å²) in [6.07, 6.45) is 0. The molecule has 0 spiro atoms. The Balaban J connectivity index is 3.17. The molecule has 0 aliphatic rings. The molecule has 0 saturated heterocycles. The summed E-state index contributed by atoms with van der Waals surface area (Å²) in [6.45, 7) is 6.32. The molecule has 9 heavy (non-hydrogen) atoms. The monoisotopic (exact) mass is 157 g/mol. The molecule has 1 heterocycles. The Bertz CT molecular complexity index is 172. The highest BCUT2D eigenvalue weighted by molar-refractivity contribution is 7.47. The minimum atomic E-state index is 1.23. The molecular formula is C6H9NP2. The van der Waals surface area contributed by atoms with Gasteiger partial charge in [0.05, 0.1) is 10.9 Å². The maximum atomic E-state index is 4.32. The molecule has 0 unspecified atom stereocenters. The molecule has 0 atom stereocenters. The quantitative estimate of drug-likeness (QED) is 0.563. The Morgan fingerprint density at radius 1 is 1.00 bits per heavy atom. The van der Waals surface area contributed by atoms with E-state index in [1.165, 1.54) is 32.3 Å². The zero-order chi connectivity index (χ0) is 6.85. The molecule has 3 heteroatoms. The SMILES string of the molecule is Cc1nc(C)pc(C)p1. The van der Waals surface area contributed by atoms with E-state index in [2.05, 4.69) is 25.8 Å². The van der Waals surface area contributed by atoms with Crippen LogP contribution >= 0.6 is 16.4 Å². The first-order valence-corrected chi connectivity index (χ1v) is 4.63. The number of aromatic nitrogens is 1. The molecule has 1 rings (SSSR count). The van der Waals surface area contributed by atoms with Gasteiger partial charge in [0, 0.05) is 5.03 Å². The highest BCUT2D eigenvalue weighted by Gasteiger charge is 1.90. The van der Waals surface area contributed by atoms with Gasteiger partial charge < -0.3 is 0 Å². The maximum absolute atomic E-state index is 4.32. The third-order valence-electron chi connectivity index (χ3n) is 0.971. The molecule has 0 fully saturated rings. The first-order valence-electron chi connectivity index (χ1n) is 2.84.